The monoisotopic (exact) mass is 307 g/mol. The molecule has 1 aromatic heterocycles. The molecule has 3 nitrogen and oxygen atoms in total. The van der Waals surface area contributed by atoms with E-state index in [2.05, 4.69) is 10.4 Å². The van der Waals surface area contributed by atoms with Crippen molar-refractivity contribution in [2.75, 3.05) is 0 Å². The van der Waals surface area contributed by atoms with Gasteiger partial charge in [-0.05, 0) is 18.8 Å². The van der Waals surface area contributed by atoms with Gasteiger partial charge < -0.3 is 0 Å². The molecule has 1 aliphatic rings. The van der Waals surface area contributed by atoms with Crippen molar-refractivity contribution in [3.63, 3.8) is 0 Å². The highest BCUT2D eigenvalue weighted by Crippen LogP contribution is 2.36. The van der Waals surface area contributed by atoms with Gasteiger partial charge in [0.25, 0.3) is 0 Å². The third kappa shape index (κ3) is 4.17. The first-order valence-corrected chi connectivity index (χ1v) is 7.81. The number of hydrazine groups is 1. The summed E-state index contributed by atoms with van der Waals surface area (Å²) in [5, 5.41) is -0.801. The number of nitrogens with two attached hydrogens (primary N) is 1. The number of rotatable bonds is 5. The molecule has 1 unspecified atom stereocenters. The van der Waals surface area contributed by atoms with Crippen LogP contribution in [-0.4, -0.2) is 4.98 Å². The number of aromatic nitrogens is 1. The zero-order valence-corrected chi connectivity index (χ0v) is 12.1. The normalized spacial score (nSPS) is 19.2. The van der Waals surface area contributed by atoms with Gasteiger partial charge in [-0.25, -0.2) is 4.98 Å². The predicted molar refractivity (Wildman–Crippen MR) is 73.0 cm³/mol. The lowest BCUT2D eigenvalue weighted by atomic mass is 9.85. The van der Waals surface area contributed by atoms with Crippen LogP contribution < -0.4 is 11.3 Å². The first-order chi connectivity index (χ1) is 9.50. The van der Waals surface area contributed by atoms with Crippen molar-refractivity contribution in [2.24, 2.45) is 11.8 Å². The summed E-state index contributed by atoms with van der Waals surface area (Å²) in [4.78, 5) is 4.01. The number of hydrogen-bond acceptors (Lipinski definition) is 4. The molecule has 0 spiro atoms. The van der Waals surface area contributed by atoms with E-state index in [0.29, 0.717) is 22.1 Å². The van der Waals surface area contributed by atoms with E-state index in [4.69, 9.17) is 5.84 Å². The molecule has 0 radical (unpaired) electrons. The van der Waals surface area contributed by atoms with Gasteiger partial charge in [-0.1, -0.05) is 32.1 Å². The van der Waals surface area contributed by atoms with E-state index >= 15 is 0 Å². The van der Waals surface area contributed by atoms with Crippen LogP contribution in [0.2, 0.25) is 0 Å². The average Bonchev–Trinajstić information content (AvgIpc) is 2.90. The van der Waals surface area contributed by atoms with E-state index in [-0.39, 0.29) is 6.04 Å². The Morgan fingerprint density at radius 2 is 2.05 bits per heavy atom. The topological polar surface area (TPSA) is 50.9 Å². The van der Waals surface area contributed by atoms with E-state index < -0.39 is 11.2 Å². The largest absolute Gasteiger partial charge is 0.443 e. The smallest absolute Gasteiger partial charge is 0.271 e. The van der Waals surface area contributed by atoms with Gasteiger partial charge in [0.2, 0.25) is 0 Å². The summed E-state index contributed by atoms with van der Waals surface area (Å²) >= 11 is 0.680. The third-order valence-electron chi connectivity index (χ3n) is 3.90. The minimum Gasteiger partial charge on any atom is -0.271 e. The minimum atomic E-state index is -4.37. The van der Waals surface area contributed by atoms with E-state index in [1.807, 2.05) is 0 Å². The standard InChI is InChI=1S/C13H20F3N3S/c14-13(15,16)12-18-8-11(20-12)10(19-17)7-6-9-4-2-1-3-5-9/h8-10,19H,1-7,17H2. The summed E-state index contributed by atoms with van der Waals surface area (Å²) in [6, 6.07) is -0.231. The Morgan fingerprint density at radius 3 is 2.60 bits per heavy atom. The van der Waals surface area contributed by atoms with Gasteiger partial charge in [0.1, 0.15) is 0 Å². The van der Waals surface area contributed by atoms with Crippen LogP contribution in [0.4, 0.5) is 13.2 Å². The van der Waals surface area contributed by atoms with Crippen molar-refractivity contribution < 1.29 is 13.2 Å². The number of thiazole rings is 1. The quantitative estimate of drug-likeness (QED) is 0.638. The Labute approximate surface area is 120 Å². The number of nitrogens with zero attached hydrogens (tertiary/aromatic N) is 1. The molecular formula is C13H20F3N3S. The minimum absolute atomic E-state index is 0.231. The first-order valence-electron chi connectivity index (χ1n) is 6.99. The van der Waals surface area contributed by atoms with E-state index in [1.165, 1.54) is 38.3 Å². The lowest BCUT2D eigenvalue weighted by Crippen LogP contribution is -2.28. The highest BCUT2D eigenvalue weighted by molar-refractivity contribution is 7.11. The summed E-state index contributed by atoms with van der Waals surface area (Å²) in [6.07, 6.45) is 4.99. The molecule has 0 saturated heterocycles. The molecular weight excluding hydrogens is 287 g/mol. The highest BCUT2D eigenvalue weighted by Gasteiger charge is 2.35. The Balaban J connectivity index is 1.92. The maximum absolute atomic E-state index is 12.5. The van der Waals surface area contributed by atoms with Gasteiger partial charge >= 0.3 is 6.18 Å². The molecule has 20 heavy (non-hydrogen) atoms. The van der Waals surface area contributed by atoms with Crippen LogP contribution in [0.5, 0.6) is 0 Å². The molecule has 3 N–H and O–H groups in total. The van der Waals surface area contributed by atoms with E-state index in [9.17, 15) is 13.2 Å². The van der Waals surface area contributed by atoms with Gasteiger partial charge in [-0.3, -0.25) is 11.3 Å². The molecule has 1 fully saturated rings. The fraction of sp³-hybridized carbons (Fsp3) is 0.769. The van der Waals surface area contributed by atoms with Crippen molar-refractivity contribution >= 4 is 11.3 Å². The Hall–Kier alpha value is -0.660. The Bertz CT molecular complexity index is 413. The van der Waals surface area contributed by atoms with Crippen molar-refractivity contribution in [3.05, 3.63) is 16.1 Å². The molecule has 1 aromatic rings. The fourth-order valence-corrected chi connectivity index (χ4v) is 3.64. The Kier molecular flexibility index (Phi) is 5.40. The summed E-state index contributed by atoms with van der Waals surface area (Å²) in [5.74, 6) is 6.18. The summed E-state index contributed by atoms with van der Waals surface area (Å²) < 4.78 is 37.6. The number of hydrogen-bond donors (Lipinski definition) is 2. The van der Waals surface area contributed by atoms with Crippen LogP contribution >= 0.6 is 11.3 Å². The molecule has 1 atom stereocenters. The lowest BCUT2D eigenvalue weighted by molar-refractivity contribution is -0.137. The van der Waals surface area contributed by atoms with Crippen LogP contribution in [0, 0.1) is 5.92 Å². The van der Waals surface area contributed by atoms with E-state index in [0.717, 1.165) is 12.8 Å². The molecule has 0 amide bonds. The molecule has 0 aliphatic heterocycles. The average molecular weight is 307 g/mol. The number of halogens is 3. The van der Waals surface area contributed by atoms with Gasteiger partial charge in [-0.2, -0.15) is 13.2 Å². The highest BCUT2D eigenvalue weighted by atomic mass is 32.1. The molecule has 2 rings (SSSR count). The van der Waals surface area contributed by atoms with Crippen molar-refractivity contribution in [3.8, 4) is 0 Å². The zero-order valence-electron chi connectivity index (χ0n) is 11.2. The third-order valence-corrected chi connectivity index (χ3v) is 5.05. The lowest BCUT2D eigenvalue weighted by Gasteiger charge is -2.23. The molecule has 1 aliphatic carbocycles. The SMILES string of the molecule is NNC(CCC1CCCCC1)c1cnc(C(F)(F)F)s1. The van der Waals surface area contributed by atoms with Gasteiger partial charge in [0, 0.05) is 11.1 Å². The van der Waals surface area contributed by atoms with Gasteiger partial charge in [-0.15, -0.1) is 11.3 Å². The van der Waals surface area contributed by atoms with Gasteiger partial charge in [0.15, 0.2) is 5.01 Å². The Morgan fingerprint density at radius 1 is 1.35 bits per heavy atom. The van der Waals surface area contributed by atoms with Crippen molar-refractivity contribution in [1.82, 2.24) is 10.4 Å². The van der Waals surface area contributed by atoms with Crippen LogP contribution in [0.3, 0.4) is 0 Å². The fourth-order valence-electron chi connectivity index (χ4n) is 2.76. The van der Waals surface area contributed by atoms with Crippen LogP contribution in [-0.2, 0) is 6.18 Å². The maximum atomic E-state index is 12.5. The van der Waals surface area contributed by atoms with Crippen molar-refractivity contribution in [1.29, 1.82) is 0 Å². The van der Waals surface area contributed by atoms with Crippen LogP contribution in [0.1, 0.15) is 60.9 Å². The first kappa shape index (κ1) is 15.7. The van der Waals surface area contributed by atoms with E-state index in [1.54, 1.807) is 0 Å². The van der Waals surface area contributed by atoms with Crippen LogP contribution in [0.15, 0.2) is 6.20 Å². The van der Waals surface area contributed by atoms with Crippen LogP contribution in [0.25, 0.3) is 0 Å². The molecule has 1 saturated carbocycles. The second-order valence-corrected chi connectivity index (χ2v) is 6.43. The second kappa shape index (κ2) is 6.87. The zero-order chi connectivity index (χ0) is 14.6. The number of nitrogens with one attached hydrogen (secondary N) is 1. The predicted octanol–water partition coefficient (Wildman–Crippen LogP) is 4.03. The van der Waals surface area contributed by atoms with Crippen molar-refractivity contribution in [2.45, 2.75) is 57.2 Å². The molecule has 114 valence electrons. The maximum Gasteiger partial charge on any atom is 0.443 e. The summed E-state index contributed by atoms with van der Waals surface area (Å²) in [7, 11) is 0. The molecule has 0 aromatic carbocycles. The number of alkyl halides is 3. The molecule has 7 heteroatoms. The summed E-state index contributed by atoms with van der Waals surface area (Å²) in [6.45, 7) is 0. The van der Waals surface area contributed by atoms with Gasteiger partial charge in [0.05, 0.1) is 6.04 Å². The molecule has 0 bridgehead atoms. The summed E-state index contributed by atoms with van der Waals surface area (Å²) in [5.41, 5.74) is 2.63. The second-order valence-electron chi connectivity index (χ2n) is 5.37. The molecule has 1 heterocycles.